The lowest BCUT2D eigenvalue weighted by atomic mass is 10.1. The largest absolute Gasteiger partial charge is 0.417 e. The van der Waals surface area contributed by atoms with Crippen LogP contribution < -0.4 is 10.2 Å². The minimum atomic E-state index is -4.65. The summed E-state index contributed by atoms with van der Waals surface area (Å²) < 4.78 is 41.5. The number of hydrogen-bond donors (Lipinski definition) is 1. The number of aromatic nitrogens is 2. The van der Waals surface area contributed by atoms with Crippen LogP contribution in [0, 0.1) is 0 Å². The van der Waals surface area contributed by atoms with E-state index in [-0.39, 0.29) is 11.6 Å². The molecule has 182 valence electrons. The zero-order valence-corrected chi connectivity index (χ0v) is 19.2. The first-order valence-corrected chi connectivity index (χ1v) is 11.2. The quantitative estimate of drug-likeness (QED) is 0.409. The molecule has 4 aromatic rings. The van der Waals surface area contributed by atoms with Gasteiger partial charge >= 0.3 is 6.18 Å². The molecule has 1 aliphatic rings. The molecule has 0 atom stereocenters. The van der Waals surface area contributed by atoms with Crippen LogP contribution in [0.1, 0.15) is 31.8 Å². The van der Waals surface area contributed by atoms with E-state index in [1.807, 2.05) is 37.5 Å². The molecule has 6 nitrogen and oxygen atoms in total. The standard InChI is InChI=1S/C27H21F3N4O2/c1-33-16-18-14-15-34(23-9-5-3-7-21(23)24(18)32-33)26(36)17-10-12-19(13-11-17)31-25(35)20-6-2-4-8-22(20)27(28,29)30/h2-13,16H,14-15H2,1H3,(H,31,35). The Morgan fingerprint density at radius 2 is 1.64 bits per heavy atom. The molecule has 2 heterocycles. The third-order valence-corrected chi connectivity index (χ3v) is 6.07. The number of aryl methyl sites for hydroxylation is 1. The van der Waals surface area contributed by atoms with E-state index in [9.17, 15) is 22.8 Å². The Kier molecular flexibility index (Phi) is 5.83. The number of alkyl halides is 3. The molecule has 0 saturated carbocycles. The summed E-state index contributed by atoms with van der Waals surface area (Å²) in [5.74, 6) is -1.11. The van der Waals surface area contributed by atoms with Gasteiger partial charge in [0.15, 0.2) is 0 Å². The molecule has 0 spiro atoms. The molecule has 0 radical (unpaired) electrons. The van der Waals surface area contributed by atoms with Crippen molar-refractivity contribution in [3.05, 3.63) is 101 Å². The molecule has 36 heavy (non-hydrogen) atoms. The Bertz CT molecular complexity index is 1460. The summed E-state index contributed by atoms with van der Waals surface area (Å²) in [5.41, 5.74) is 2.70. The van der Waals surface area contributed by atoms with Crippen molar-refractivity contribution in [1.82, 2.24) is 9.78 Å². The summed E-state index contributed by atoms with van der Waals surface area (Å²) in [6.45, 7) is 0.460. The second-order valence-corrected chi connectivity index (χ2v) is 8.48. The number of halogens is 3. The van der Waals surface area contributed by atoms with Crippen LogP contribution in [-0.4, -0.2) is 28.1 Å². The number of fused-ring (bicyclic) bond motifs is 3. The second kappa shape index (κ2) is 8.99. The molecule has 0 saturated heterocycles. The van der Waals surface area contributed by atoms with Crippen LogP contribution in [-0.2, 0) is 19.6 Å². The molecule has 0 unspecified atom stereocenters. The van der Waals surface area contributed by atoms with Crippen LogP contribution in [0.2, 0.25) is 0 Å². The van der Waals surface area contributed by atoms with E-state index < -0.39 is 23.2 Å². The molecule has 9 heteroatoms. The lowest BCUT2D eigenvalue weighted by molar-refractivity contribution is -0.137. The van der Waals surface area contributed by atoms with Gasteiger partial charge in [-0.3, -0.25) is 14.3 Å². The van der Waals surface area contributed by atoms with Gasteiger partial charge in [-0.15, -0.1) is 0 Å². The number of para-hydroxylation sites is 1. The van der Waals surface area contributed by atoms with Crippen LogP contribution in [0.4, 0.5) is 24.5 Å². The van der Waals surface area contributed by atoms with Gasteiger partial charge in [0.25, 0.3) is 11.8 Å². The number of carbonyl (C=O) groups is 2. The van der Waals surface area contributed by atoms with Crippen molar-refractivity contribution in [3.63, 3.8) is 0 Å². The maximum absolute atomic E-state index is 13.5. The summed E-state index contributed by atoms with van der Waals surface area (Å²) in [5, 5.41) is 7.05. The van der Waals surface area contributed by atoms with Gasteiger partial charge in [0.1, 0.15) is 0 Å². The van der Waals surface area contributed by atoms with Gasteiger partial charge in [0.05, 0.1) is 22.5 Å². The van der Waals surface area contributed by atoms with Gasteiger partial charge in [-0.2, -0.15) is 18.3 Å². The van der Waals surface area contributed by atoms with Gasteiger partial charge < -0.3 is 10.2 Å². The average molecular weight is 490 g/mol. The first-order chi connectivity index (χ1) is 17.2. The van der Waals surface area contributed by atoms with E-state index in [2.05, 4.69) is 10.4 Å². The lowest BCUT2D eigenvalue weighted by Crippen LogP contribution is -2.32. The summed E-state index contributed by atoms with van der Waals surface area (Å²) in [6.07, 6.45) is -2.06. The van der Waals surface area contributed by atoms with Crippen LogP contribution in [0.3, 0.4) is 0 Å². The number of carbonyl (C=O) groups excluding carboxylic acids is 2. The third kappa shape index (κ3) is 4.35. The van der Waals surface area contributed by atoms with E-state index in [1.54, 1.807) is 21.7 Å². The summed E-state index contributed by atoms with van der Waals surface area (Å²) in [6, 6.07) is 18.3. The summed E-state index contributed by atoms with van der Waals surface area (Å²) in [4.78, 5) is 27.7. The molecule has 0 aliphatic carbocycles. The normalized spacial score (nSPS) is 12.9. The van der Waals surface area contributed by atoms with Crippen molar-refractivity contribution < 1.29 is 22.8 Å². The highest BCUT2D eigenvalue weighted by atomic mass is 19.4. The predicted octanol–water partition coefficient (Wildman–Crippen LogP) is 5.56. The molecular formula is C27H21F3N4O2. The Balaban J connectivity index is 1.37. The van der Waals surface area contributed by atoms with E-state index in [0.717, 1.165) is 34.6 Å². The van der Waals surface area contributed by atoms with Gasteiger partial charge in [-0.25, -0.2) is 0 Å². The Labute approximate surface area is 205 Å². The van der Waals surface area contributed by atoms with E-state index in [0.29, 0.717) is 18.5 Å². The number of hydrogen-bond acceptors (Lipinski definition) is 3. The fourth-order valence-electron chi connectivity index (χ4n) is 4.40. The molecule has 5 rings (SSSR count). The smallest absolute Gasteiger partial charge is 0.322 e. The molecule has 3 aromatic carbocycles. The van der Waals surface area contributed by atoms with Crippen molar-refractivity contribution in [3.8, 4) is 11.3 Å². The first kappa shape index (κ1) is 23.3. The number of nitrogens with one attached hydrogen (secondary N) is 1. The highest BCUT2D eigenvalue weighted by Gasteiger charge is 2.35. The topological polar surface area (TPSA) is 67.2 Å². The van der Waals surface area contributed by atoms with Crippen LogP contribution >= 0.6 is 0 Å². The number of amides is 2. The Hall–Kier alpha value is -4.40. The van der Waals surface area contributed by atoms with Crippen molar-refractivity contribution in [1.29, 1.82) is 0 Å². The zero-order chi connectivity index (χ0) is 25.4. The third-order valence-electron chi connectivity index (χ3n) is 6.07. The van der Waals surface area contributed by atoms with Gasteiger partial charge in [0, 0.05) is 36.6 Å². The minimum Gasteiger partial charge on any atom is -0.322 e. The maximum atomic E-state index is 13.5. The molecule has 1 aromatic heterocycles. The summed E-state index contributed by atoms with van der Waals surface area (Å²) >= 11 is 0. The second-order valence-electron chi connectivity index (χ2n) is 8.48. The number of benzene rings is 3. The first-order valence-electron chi connectivity index (χ1n) is 11.2. The number of anilines is 2. The van der Waals surface area contributed by atoms with Crippen molar-refractivity contribution in [2.24, 2.45) is 7.05 Å². The minimum absolute atomic E-state index is 0.225. The fraction of sp³-hybridized carbons (Fsp3) is 0.148. The SMILES string of the molecule is Cn1cc2c(n1)-c1ccccc1N(C(=O)c1ccc(NC(=O)c3ccccc3C(F)(F)F)cc1)CC2. The van der Waals surface area contributed by atoms with E-state index in [4.69, 9.17) is 0 Å². The van der Waals surface area contributed by atoms with Gasteiger partial charge in [0.2, 0.25) is 0 Å². The van der Waals surface area contributed by atoms with E-state index in [1.165, 1.54) is 24.3 Å². The van der Waals surface area contributed by atoms with Crippen molar-refractivity contribution in [2.75, 3.05) is 16.8 Å². The lowest BCUT2D eigenvalue weighted by Gasteiger charge is -2.23. The van der Waals surface area contributed by atoms with Gasteiger partial charge in [-0.1, -0.05) is 30.3 Å². The molecule has 1 N–H and O–H groups in total. The van der Waals surface area contributed by atoms with Crippen molar-refractivity contribution in [2.45, 2.75) is 12.6 Å². The number of rotatable bonds is 3. The molecule has 0 fully saturated rings. The van der Waals surface area contributed by atoms with Crippen LogP contribution in [0.25, 0.3) is 11.3 Å². The zero-order valence-electron chi connectivity index (χ0n) is 19.2. The highest BCUT2D eigenvalue weighted by molar-refractivity contribution is 6.09. The highest BCUT2D eigenvalue weighted by Crippen LogP contribution is 2.36. The molecule has 2 amide bonds. The Morgan fingerprint density at radius 3 is 2.39 bits per heavy atom. The monoisotopic (exact) mass is 490 g/mol. The van der Waals surface area contributed by atoms with Crippen molar-refractivity contribution >= 4 is 23.2 Å². The molecule has 0 bridgehead atoms. The molecule has 1 aliphatic heterocycles. The predicted molar refractivity (Wildman–Crippen MR) is 130 cm³/mol. The van der Waals surface area contributed by atoms with Crippen LogP contribution in [0.15, 0.2) is 79.0 Å². The average Bonchev–Trinajstić information content (AvgIpc) is 3.17. The number of nitrogens with zero attached hydrogens (tertiary/aromatic N) is 3. The summed E-state index contributed by atoms with van der Waals surface area (Å²) in [7, 11) is 1.86. The van der Waals surface area contributed by atoms with Gasteiger partial charge in [-0.05, 0) is 54.4 Å². The maximum Gasteiger partial charge on any atom is 0.417 e. The fourth-order valence-corrected chi connectivity index (χ4v) is 4.40. The van der Waals surface area contributed by atoms with Crippen LogP contribution in [0.5, 0.6) is 0 Å². The molecular weight excluding hydrogens is 469 g/mol. The van der Waals surface area contributed by atoms with E-state index >= 15 is 0 Å². The Morgan fingerprint density at radius 1 is 0.944 bits per heavy atom.